The number of rotatable bonds is 3. The summed E-state index contributed by atoms with van der Waals surface area (Å²) in [5, 5.41) is 7.37. The maximum atomic E-state index is 5.38. The van der Waals surface area contributed by atoms with E-state index in [1.165, 1.54) is 0 Å². The minimum atomic E-state index is 0. The molecule has 1 atom stereocenters. The molecule has 0 radical (unpaired) electrons. The summed E-state index contributed by atoms with van der Waals surface area (Å²) in [5.41, 5.74) is 0.880. The molecule has 6 nitrogen and oxygen atoms in total. The molecule has 2 aromatic heterocycles. The molecule has 0 aliphatic carbocycles. The van der Waals surface area contributed by atoms with Gasteiger partial charge in [-0.1, -0.05) is 5.16 Å². The maximum Gasteiger partial charge on any atom is 0.244 e. The molecule has 0 aromatic carbocycles. The molecule has 3 heterocycles. The van der Waals surface area contributed by atoms with Crippen LogP contribution in [0.1, 0.15) is 18.9 Å². The van der Waals surface area contributed by atoms with Crippen molar-refractivity contribution in [3.05, 3.63) is 30.4 Å². The Balaban J connectivity index is 0.00000147. The molecule has 124 valence electrons. The third-order valence-electron chi connectivity index (χ3n) is 3.42. The Morgan fingerprint density at radius 2 is 1.95 bits per heavy atom. The van der Waals surface area contributed by atoms with E-state index in [0.717, 1.165) is 31.7 Å². The second kappa shape index (κ2) is 9.97. The van der Waals surface area contributed by atoms with E-state index >= 15 is 0 Å². The second-order valence-electron chi connectivity index (χ2n) is 4.66. The number of hydrogen-bond acceptors (Lipinski definition) is 6. The molecule has 22 heavy (non-hydrogen) atoms. The van der Waals surface area contributed by atoms with Crippen LogP contribution in [0.5, 0.6) is 0 Å². The third kappa shape index (κ3) is 4.79. The van der Waals surface area contributed by atoms with Gasteiger partial charge in [0.15, 0.2) is 0 Å². The number of hydrogen-bond donors (Lipinski definition) is 1. The van der Waals surface area contributed by atoms with Crippen LogP contribution in [-0.4, -0.2) is 46.2 Å². The SMILES string of the molecule is CC(c1nc(-c2cccnc2)no1)N1CCNCC1.Cl.Cl.Cl. The first kappa shape index (κ1) is 21.1. The number of nitrogens with zero attached hydrogens (tertiary/aromatic N) is 4. The summed E-state index contributed by atoms with van der Waals surface area (Å²) < 4.78 is 5.38. The van der Waals surface area contributed by atoms with Crippen molar-refractivity contribution in [3.63, 3.8) is 0 Å². The van der Waals surface area contributed by atoms with Gasteiger partial charge in [-0.15, -0.1) is 37.2 Å². The second-order valence-corrected chi connectivity index (χ2v) is 4.66. The minimum absolute atomic E-state index is 0. The zero-order valence-corrected chi connectivity index (χ0v) is 14.6. The number of aromatic nitrogens is 3. The van der Waals surface area contributed by atoms with Gasteiger partial charge in [-0.2, -0.15) is 4.98 Å². The summed E-state index contributed by atoms with van der Waals surface area (Å²) in [5.74, 6) is 1.27. The minimum Gasteiger partial charge on any atom is -0.337 e. The lowest BCUT2D eigenvalue weighted by Gasteiger charge is -2.30. The number of piperazine rings is 1. The normalized spacial score (nSPS) is 15.9. The predicted octanol–water partition coefficient (Wildman–Crippen LogP) is 2.36. The lowest BCUT2D eigenvalue weighted by Crippen LogP contribution is -2.44. The van der Waals surface area contributed by atoms with Crippen LogP contribution in [0.15, 0.2) is 29.0 Å². The Hall–Kier alpha value is -0.920. The van der Waals surface area contributed by atoms with Crippen molar-refractivity contribution in [1.29, 1.82) is 0 Å². The van der Waals surface area contributed by atoms with Crippen LogP contribution in [0.3, 0.4) is 0 Å². The Kier molecular flexibility index (Phi) is 9.55. The first-order chi connectivity index (χ1) is 9.34. The summed E-state index contributed by atoms with van der Waals surface area (Å²) in [7, 11) is 0. The Morgan fingerprint density at radius 1 is 1.23 bits per heavy atom. The summed E-state index contributed by atoms with van der Waals surface area (Å²) in [6.07, 6.45) is 3.47. The van der Waals surface area contributed by atoms with Crippen molar-refractivity contribution in [2.75, 3.05) is 26.2 Å². The van der Waals surface area contributed by atoms with E-state index < -0.39 is 0 Å². The molecule has 9 heteroatoms. The first-order valence-corrected chi connectivity index (χ1v) is 6.53. The number of pyridine rings is 1. The monoisotopic (exact) mass is 367 g/mol. The molecule has 3 rings (SSSR count). The van der Waals surface area contributed by atoms with Gasteiger partial charge in [0.2, 0.25) is 11.7 Å². The van der Waals surface area contributed by atoms with E-state index in [2.05, 4.69) is 32.3 Å². The number of halogens is 3. The van der Waals surface area contributed by atoms with Crippen molar-refractivity contribution in [2.45, 2.75) is 13.0 Å². The first-order valence-electron chi connectivity index (χ1n) is 6.53. The van der Waals surface area contributed by atoms with Crippen LogP contribution < -0.4 is 5.32 Å². The molecule has 1 unspecified atom stereocenters. The van der Waals surface area contributed by atoms with Crippen LogP contribution >= 0.6 is 37.2 Å². The lowest BCUT2D eigenvalue weighted by molar-refractivity contribution is 0.154. The smallest absolute Gasteiger partial charge is 0.244 e. The Labute approximate surface area is 148 Å². The highest BCUT2D eigenvalue weighted by atomic mass is 35.5. The molecule has 1 N–H and O–H groups in total. The van der Waals surface area contributed by atoms with Gasteiger partial charge in [0.1, 0.15) is 0 Å². The average molecular weight is 369 g/mol. The van der Waals surface area contributed by atoms with Crippen molar-refractivity contribution >= 4 is 37.2 Å². The molecule has 1 fully saturated rings. The van der Waals surface area contributed by atoms with E-state index in [9.17, 15) is 0 Å². The van der Waals surface area contributed by atoms with Crippen molar-refractivity contribution in [2.24, 2.45) is 0 Å². The highest BCUT2D eigenvalue weighted by Gasteiger charge is 2.23. The summed E-state index contributed by atoms with van der Waals surface area (Å²) in [6, 6.07) is 3.95. The lowest BCUT2D eigenvalue weighted by atomic mass is 10.2. The van der Waals surface area contributed by atoms with Gasteiger partial charge in [0, 0.05) is 44.1 Å². The van der Waals surface area contributed by atoms with Crippen molar-refractivity contribution in [1.82, 2.24) is 25.3 Å². The number of nitrogens with one attached hydrogen (secondary N) is 1. The highest BCUT2D eigenvalue weighted by Crippen LogP contribution is 2.21. The van der Waals surface area contributed by atoms with E-state index in [1.807, 2.05) is 12.1 Å². The van der Waals surface area contributed by atoms with Crippen LogP contribution in [0.4, 0.5) is 0 Å². The standard InChI is InChI=1S/C13H17N5O.3ClH/c1-10(18-7-5-14-6-8-18)13-16-12(17-19-13)11-3-2-4-15-9-11;;;/h2-4,9-10,14H,5-8H2,1H3;3*1H. The van der Waals surface area contributed by atoms with Gasteiger partial charge >= 0.3 is 0 Å². The van der Waals surface area contributed by atoms with E-state index in [0.29, 0.717) is 11.7 Å². The molecule has 1 saturated heterocycles. The topological polar surface area (TPSA) is 67.1 Å². The van der Waals surface area contributed by atoms with E-state index in [-0.39, 0.29) is 43.3 Å². The van der Waals surface area contributed by atoms with Gasteiger partial charge in [-0.25, -0.2) is 0 Å². The van der Waals surface area contributed by atoms with Crippen LogP contribution in [-0.2, 0) is 0 Å². The van der Waals surface area contributed by atoms with Gasteiger partial charge in [0.05, 0.1) is 6.04 Å². The molecule has 0 saturated carbocycles. The van der Waals surface area contributed by atoms with Crippen molar-refractivity contribution < 1.29 is 4.52 Å². The molecular formula is C13H20Cl3N5O. The maximum absolute atomic E-state index is 5.38. The van der Waals surface area contributed by atoms with Gasteiger partial charge in [-0.05, 0) is 19.1 Å². The molecule has 1 aliphatic heterocycles. The summed E-state index contributed by atoms with van der Waals surface area (Å²) >= 11 is 0. The zero-order valence-electron chi connectivity index (χ0n) is 12.1. The zero-order chi connectivity index (χ0) is 13.1. The van der Waals surface area contributed by atoms with Crippen LogP contribution in [0, 0.1) is 0 Å². The average Bonchev–Trinajstić information content (AvgIpc) is 2.98. The molecule has 0 amide bonds. The molecule has 0 bridgehead atoms. The molecule has 0 spiro atoms. The summed E-state index contributed by atoms with van der Waals surface area (Å²) in [6.45, 7) is 6.13. The van der Waals surface area contributed by atoms with Gasteiger partial charge < -0.3 is 9.84 Å². The molecular weight excluding hydrogens is 349 g/mol. The van der Waals surface area contributed by atoms with Gasteiger partial charge in [0.25, 0.3) is 0 Å². The highest BCUT2D eigenvalue weighted by molar-refractivity contribution is 5.86. The van der Waals surface area contributed by atoms with E-state index in [4.69, 9.17) is 4.52 Å². The predicted molar refractivity (Wildman–Crippen MR) is 92.1 cm³/mol. The third-order valence-corrected chi connectivity index (χ3v) is 3.42. The van der Waals surface area contributed by atoms with Gasteiger partial charge in [-0.3, -0.25) is 9.88 Å². The Morgan fingerprint density at radius 3 is 2.59 bits per heavy atom. The van der Waals surface area contributed by atoms with Crippen LogP contribution in [0.25, 0.3) is 11.4 Å². The fraction of sp³-hybridized carbons (Fsp3) is 0.462. The summed E-state index contributed by atoms with van der Waals surface area (Å²) in [4.78, 5) is 10.9. The molecule has 2 aromatic rings. The quantitative estimate of drug-likeness (QED) is 0.897. The van der Waals surface area contributed by atoms with Crippen molar-refractivity contribution in [3.8, 4) is 11.4 Å². The van der Waals surface area contributed by atoms with Crippen LogP contribution in [0.2, 0.25) is 0 Å². The fourth-order valence-electron chi connectivity index (χ4n) is 2.24. The van der Waals surface area contributed by atoms with E-state index in [1.54, 1.807) is 12.4 Å². The Bertz CT molecular complexity index is 533. The molecule has 1 aliphatic rings. The largest absolute Gasteiger partial charge is 0.337 e. The fourth-order valence-corrected chi connectivity index (χ4v) is 2.24.